The lowest BCUT2D eigenvalue weighted by molar-refractivity contribution is 0.686. The van der Waals surface area contributed by atoms with Crippen molar-refractivity contribution in [2.45, 2.75) is 5.75 Å². The van der Waals surface area contributed by atoms with Crippen LogP contribution in [0.2, 0.25) is 0 Å². The van der Waals surface area contributed by atoms with Crippen LogP contribution in [-0.2, 0) is 16.6 Å². The normalized spacial score (nSPS) is 12.4. The van der Waals surface area contributed by atoms with Gasteiger partial charge in [-0.1, -0.05) is 66.7 Å². The minimum Gasteiger partial charge on any atom is -0.260 e. The molecular formula is C22H18OS2. The fourth-order valence-corrected chi connectivity index (χ4v) is 4.88. The molecule has 1 aromatic heterocycles. The molecule has 0 saturated heterocycles. The molecule has 0 aliphatic rings. The lowest BCUT2D eigenvalue weighted by Crippen LogP contribution is -1.92. The fourth-order valence-electron chi connectivity index (χ4n) is 3.13. The van der Waals surface area contributed by atoms with Crippen molar-refractivity contribution in [3.05, 3.63) is 84.4 Å². The molecule has 4 aromatic rings. The van der Waals surface area contributed by atoms with Gasteiger partial charge < -0.3 is 0 Å². The highest BCUT2D eigenvalue weighted by atomic mass is 32.2. The topological polar surface area (TPSA) is 17.1 Å². The maximum Gasteiger partial charge on any atom is 0.0483 e. The summed E-state index contributed by atoms with van der Waals surface area (Å²) in [4.78, 5) is 1.28. The highest BCUT2D eigenvalue weighted by Gasteiger charge is 2.10. The third kappa shape index (κ3) is 3.44. The highest BCUT2D eigenvalue weighted by Crippen LogP contribution is 2.38. The van der Waals surface area contributed by atoms with E-state index >= 15 is 0 Å². The van der Waals surface area contributed by atoms with Crippen molar-refractivity contribution in [1.82, 2.24) is 0 Å². The summed E-state index contributed by atoms with van der Waals surface area (Å²) in [5.41, 5.74) is 4.76. The van der Waals surface area contributed by atoms with Crippen LogP contribution in [0.3, 0.4) is 0 Å². The Balaban J connectivity index is 1.83. The lowest BCUT2D eigenvalue weighted by Gasteiger charge is -2.10. The average molecular weight is 363 g/mol. The second-order valence-electron chi connectivity index (χ2n) is 6.11. The molecule has 3 aromatic carbocycles. The molecule has 25 heavy (non-hydrogen) atoms. The van der Waals surface area contributed by atoms with Gasteiger partial charge in [-0.2, -0.15) is 0 Å². The Labute approximate surface area is 154 Å². The Hall–Kier alpha value is -2.23. The quantitative estimate of drug-likeness (QED) is 0.428. The van der Waals surface area contributed by atoms with Gasteiger partial charge in [0.25, 0.3) is 0 Å². The molecule has 0 fully saturated rings. The Morgan fingerprint density at radius 1 is 0.840 bits per heavy atom. The molecule has 0 saturated carbocycles. The zero-order valence-corrected chi connectivity index (χ0v) is 15.6. The van der Waals surface area contributed by atoms with Crippen LogP contribution in [0.1, 0.15) is 5.56 Å². The van der Waals surface area contributed by atoms with E-state index in [0.29, 0.717) is 5.75 Å². The number of fused-ring (bicyclic) bond motifs is 1. The number of rotatable bonds is 4. The fraction of sp³-hybridized carbons (Fsp3) is 0.0909. The lowest BCUT2D eigenvalue weighted by atomic mass is 9.97. The van der Waals surface area contributed by atoms with Crippen LogP contribution in [-0.4, -0.2) is 10.5 Å². The zero-order chi connectivity index (χ0) is 17.2. The number of benzene rings is 3. The van der Waals surface area contributed by atoms with Crippen molar-refractivity contribution >= 4 is 32.2 Å². The van der Waals surface area contributed by atoms with E-state index in [2.05, 4.69) is 72.8 Å². The van der Waals surface area contributed by atoms with Crippen molar-refractivity contribution < 1.29 is 4.21 Å². The minimum atomic E-state index is -0.831. The summed E-state index contributed by atoms with van der Waals surface area (Å²) < 4.78 is 12.9. The van der Waals surface area contributed by atoms with Crippen LogP contribution in [0, 0.1) is 0 Å². The van der Waals surface area contributed by atoms with Crippen LogP contribution >= 0.6 is 11.3 Å². The Morgan fingerprint density at radius 2 is 1.60 bits per heavy atom. The first-order chi connectivity index (χ1) is 12.2. The van der Waals surface area contributed by atoms with Gasteiger partial charge in [-0.15, -0.1) is 11.3 Å². The average Bonchev–Trinajstić information content (AvgIpc) is 3.05. The van der Waals surface area contributed by atoms with Gasteiger partial charge in [0, 0.05) is 32.4 Å². The largest absolute Gasteiger partial charge is 0.260 e. The second-order valence-corrected chi connectivity index (χ2v) is 8.63. The van der Waals surface area contributed by atoms with Crippen LogP contribution in [0.25, 0.3) is 31.7 Å². The summed E-state index contributed by atoms with van der Waals surface area (Å²) in [6.07, 6.45) is 1.75. The third-order valence-electron chi connectivity index (χ3n) is 4.23. The summed E-state index contributed by atoms with van der Waals surface area (Å²) in [5, 5.41) is 1.28. The smallest absolute Gasteiger partial charge is 0.0483 e. The van der Waals surface area contributed by atoms with Crippen molar-refractivity contribution in [2.75, 3.05) is 6.26 Å². The number of thiophene rings is 1. The molecule has 1 nitrogen and oxygen atoms in total. The van der Waals surface area contributed by atoms with E-state index in [1.54, 1.807) is 6.26 Å². The molecule has 0 N–H and O–H groups in total. The van der Waals surface area contributed by atoms with E-state index in [9.17, 15) is 4.21 Å². The molecule has 124 valence electrons. The Kier molecular flexibility index (Phi) is 4.51. The molecule has 1 unspecified atom stereocenters. The minimum absolute atomic E-state index is 0.596. The zero-order valence-electron chi connectivity index (χ0n) is 13.9. The number of hydrogen-bond acceptors (Lipinski definition) is 2. The summed E-state index contributed by atoms with van der Waals surface area (Å²) in [6.45, 7) is 0. The van der Waals surface area contributed by atoms with Crippen molar-refractivity contribution in [3.63, 3.8) is 0 Å². The van der Waals surface area contributed by atoms with Crippen molar-refractivity contribution in [1.29, 1.82) is 0 Å². The van der Waals surface area contributed by atoms with Gasteiger partial charge in [-0.05, 0) is 39.8 Å². The maximum absolute atomic E-state index is 11.6. The molecule has 0 radical (unpaired) electrons. The van der Waals surface area contributed by atoms with E-state index in [1.807, 2.05) is 17.4 Å². The molecule has 0 bridgehead atoms. The van der Waals surface area contributed by atoms with Crippen LogP contribution in [0.15, 0.2) is 78.9 Å². The van der Waals surface area contributed by atoms with E-state index in [-0.39, 0.29) is 0 Å². The van der Waals surface area contributed by atoms with Gasteiger partial charge in [0.1, 0.15) is 0 Å². The molecule has 3 heteroatoms. The molecule has 0 aliphatic carbocycles. The van der Waals surface area contributed by atoms with Gasteiger partial charge in [0.05, 0.1) is 0 Å². The van der Waals surface area contributed by atoms with E-state index < -0.39 is 10.8 Å². The monoisotopic (exact) mass is 362 g/mol. The predicted molar refractivity (Wildman–Crippen MR) is 110 cm³/mol. The molecular weight excluding hydrogens is 344 g/mol. The standard InChI is InChI=1S/C22H18OS2/c1-25(23)15-16-7-6-9-17(13-16)19-10-3-4-11-20(19)22-14-18-8-2-5-12-21(18)24-22/h2-14H,15H2,1H3. The van der Waals surface area contributed by atoms with Gasteiger partial charge in [0.2, 0.25) is 0 Å². The third-order valence-corrected chi connectivity index (χ3v) is 6.12. The first kappa shape index (κ1) is 16.2. The predicted octanol–water partition coefficient (Wildman–Crippen LogP) is 6.11. The van der Waals surface area contributed by atoms with Crippen molar-refractivity contribution in [3.8, 4) is 21.6 Å². The van der Waals surface area contributed by atoms with Crippen molar-refractivity contribution in [2.24, 2.45) is 0 Å². The highest BCUT2D eigenvalue weighted by molar-refractivity contribution is 7.83. The summed E-state index contributed by atoms with van der Waals surface area (Å²) in [5.74, 6) is 0.596. The second kappa shape index (κ2) is 6.95. The first-order valence-corrected chi connectivity index (χ1v) is 10.7. The maximum atomic E-state index is 11.6. The van der Waals surface area contributed by atoms with Crippen LogP contribution in [0.5, 0.6) is 0 Å². The van der Waals surface area contributed by atoms with Gasteiger partial charge >= 0.3 is 0 Å². The number of hydrogen-bond donors (Lipinski definition) is 0. The molecule has 0 amide bonds. The van der Waals surface area contributed by atoms with E-state index in [0.717, 1.165) is 5.56 Å². The molecule has 4 rings (SSSR count). The molecule has 0 spiro atoms. The van der Waals surface area contributed by atoms with E-state index in [4.69, 9.17) is 0 Å². The van der Waals surface area contributed by atoms with Crippen LogP contribution in [0.4, 0.5) is 0 Å². The molecule has 1 atom stereocenters. The Morgan fingerprint density at radius 3 is 2.40 bits per heavy atom. The molecule has 0 aliphatic heterocycles. The van der Waals surface area contributed by atoms with Crippen LogP contribution < -0.4 is 0 Å². The molecule has 1 heterocycles. The van der Waals surface area contributed by atoms with E-state index in [1.165, 1.54) is 31.7 Å². The van der Waals surface area contributed by atoms with Gasteiger partial charge in [-0.3, -0.25) is 4.21 Å². The van der Waals surface area contributed by atoms with Gasteiger partial charge in [-0.25, -0.2) is 0 Å². The summed E-state index contributed by atoms with van der Waals surface area (Å²) in [7, 11) is -0.831. The Bertz CT molecular complexity index is 1030. The first-order valence-electron chi connectivity index (χ1n) is 8.18. The van der Waals surface area contributed by atoms with Gasteiger partial charge in [0.15, 0.2) is 0 Å². The summed E-state index contributed by atoms with van der Waals surface area (Å²) in [6, 6.07) is 27.7. The summed E-state index contributed by atoms with van der Waals surface area (Å²) >= 11 is 1.83. The SMILES string of the molecule is CS(=O)Cc1cccc(-c2ccccc2-c2cc3ccccc3s2)c1.